The van der Waals surface area contributed by atoms with E-state index in [9.17, 15) is 34.2 Å². The number of carbonyl (C=O) groups excluding carboxylic acids is 3. The Kier molecular flexibility index (Phi) is 25.1. The molecule has 0 spiro atoms. The smallest absolute Gasteiger partial charge is 0.309 e. The van der Waals surface area contributed by atoms with Gasteiger partial charge in [0.1, 0.15) is 52.4 Å². The molecule has 9 aromatic rings. The quantitative estimate of drug-likeness (QED) is 0.00759. The van der Waals surface area contributed by atoms with Gasteiger partial charge in [-0.3, -0.25) is 33.4 Å². The maximum Gasteiger partial charge on any atom is 0.309 e. The molecule has 546 valence electrons. The maximum atomic E-state index is 12.3. The van der Waals surface area contributed by atoms with Crippen LogP contribution >= 0.6 is 0 Å². The minimum absolute atomic E-state index is 0.0102. The average molecular weight is 1430 g/mol. The molecule has 15 heteroatoms. The van der Waals surface area contributed by atoms with Gasteiger partial charge in [-0.25, -0.2) is 0 Å². The highest BCUT2D eigenvalue weighted by molar-refractivity contribution is 6.20. The second-order valence-corrected chi connectivity index (χ2v) is 27.9. The Morgan fingerprint density at radius 2 is 1.03 bits per heavy atom. The predicted molar refractivity (Wildman–Crippen MR) is 428 cm³/mol. The number of nitrogens with zero attached hydrogens (tertiary/aromatic N) is 5. The van der Waals surface area contributed by atoms with Crippen LogP contribution in [-0.2, 0) is 68.3 Å². The summed E-state index contributed by atoms with van der Waals surface area (Å²) in [6, 6.07) is 62.5. The van der Waals surface area contributed by atoms with Crippen LogP contribution in [0, 0.1) is 13.8 Å². The van der Waals surface area contributed by atoms with Crippen molar-refractivity contribution < 1.29 is 57.5 Å². The lowest BCUT2D eigenvalue weighted by Crippen LogP contribution is -2.39. The third-order valence-corrected chi connectivity index (χ3v) is 21.0. The summed E-state index contributed by atoms with van der Waals surface area (Å²) in [5.41, 5.74) is 13.1. The number of carboxylic acids is 2. The summed E-state index contributed by atoms with van der Waals surface area (Å²) in [6.45, 7) is 13.7. The molecule has 107 heavy (non-hydrogen) atoms. The van der Waals surface area contributed by atoms with E-state index in [-0.39, 0.29) is 26.1 Å². The van der Waals surface area contributed by atoms with Crippen molar-refractivity contribution in [2.45, 2.75) is 89.4 Å². The molecule has 15 nitrogen and oxygen atoms in total. The molecule has 4 aliphatic rings. The summed E-state index contributed by atoms with van der Waals surface area (Å²) in [4.78, 5) is 63.5. The summed E-state index contributed by atoms with van der Waals surface area (Å²) < 4.78 is 19.4. The first-order valence-corrected chi connectivity index (χ1v) is 37.3. The zero-order chi connectivity index (χ0) is 74.5. The number of allylic oxidation sites excluding steroid dienone is 13. The number of aryl methyl sites for hydroxylation is 2. The van der Waals surface area contributed by atoms with Crippen molar-refractivity contribution in [1.82, 2.24) is 9.80 Å². The van der Waals surface area contributed by atoms with Crippen LogP contribution in [0.15, 0.2) is 260 Å². The number of aliphatic carboxylic acids is 2. The zero-order valence-electron chi connectivity index (χ0n) is 61.4. The van der Waals surface area contributed by atoms with Gasteiger partial charge in [0, 0.05) is 53.0 Å². The van der Waals surface area contributed by atoms with Gasteiger partial charge in [-0.15, -0.1) is 0 Å². The number of likely N-dealkylation sites (tertiary alicyclic amines) is 1. The number of benzene rings is 9. The molecule has 1 saturated heterocycles. The first-order chi connectivity index (χ1) is 52.4. The Balaban J connectivity index is 0.000000201. The lowest BCUT2D eigenvalue weighted by atomic mass is 9.67. The molecule has 0 aromatic heterocycles. The second kappa shape index (κ2) is 35.9. The Morgan fingerprint density at radius 1 is 0.505 bits per heavy atom. The average Bonchev–Trinajstić information content (AvgIpc) is 1.55. The van der Waals surface area contributed by atoms with E-state index in [0.717, 1.165) is 115 Å². The minimum Gasteiger partial charge on any atom is -0.481 e. The van der Waals surface area contributed by atoms with Gasteiger partial charge in [-0.1, -0.05) is 237 Å². The van der Waals surface area contributed by atoms with Crippen LogP contribution in [0.3, 0.4) is 0 Å². The number of anilines is 1. The molecule has 9 aromatic carbocycles. The van der Waals surface area contributed by atoms with E-state index in [4.69, 9.17) is 14.2 Å². The molecule has 0 radical (unpaired) electrons. The maximum absolute atomic E-state index is 12.3. The van der Waals surface area contributed by atoms with Crippen molar-refractivity contribution in [3.8, 4) is 0 Å². The molecule has 13 rings (SSSR count). The van der Waals surface area contributed by atoms with Gasteiger partial charge >= 0.3 is 11.9 Å². The molecule has 2 N–H and O–H groups in total. The Bertz CT molecular complexity index is 4960. The van der Waals surface area contributed by atoms with Crippen molar-refractivity contribution >= 4 is 97.4 Å². The highest BCUT2D eigenvalue weighted by Crippen LogP contribution is 2.58. The summed E-state index contributed by atoms with van der Waals surface area (Å²) >= 11 is 0. The largest absolute Gasteiger partial charge is 0.481 e. The summed E-state index contributed by atoms with van der Waals surface area (Å²) in [5, 5.41) is 29.4. The number of hydrogen-bond donors (Lipinski definition) is 2. The van der Waals surface area contributed by atoms with Gasteiger partial charge in [0.05, 0.1) is 29.5 Å². The number of ether oxygens (including phenoxy) is 3. The molecule has 1 unspecified atom stereocenters. The van der Waals surface area contributed by atoms with Gasteiger partial charge in [0.15, 0.2) is 12.3 Å². The molecule has 4 aliphatic heterocycles. The van der Waals surface area contributed by atoms with E-state index < -0.39 is 22.8 Å². The van der Waals surface area contributed by atoms with E-state index in [0.29, 0.717) is 58.7 Å². The van der Waals surface area contributed by atoms with Crippen LogP contribution in [0.25, 0.3) is 43.1 Å². The predicted octanol–water partition coefficient (Wildman–Crippen LogP) is 16.4. The van der Waals surface area contributed by atoms with Crippen LogP contribution in [0.5, 0.6) is 0 Å². The topological polar surface area (TPSA) is 169 Å². The molecule has 0 saturated carbocycles. The molecule has 1 atom stereocenters. The highest BCUT2D eigenvalue weighted by Gasteiger charge is 2.54. The monoisotopic (exact) mass is 1430 g/mol. The fraction of sp³-hybridized carbons (Fsp3) is 0.272. The van der Waals surface area contributed by atoms with E-state index in [1.54, 1.807) is 0 Å². The number of amidine groups is 1. The third kappa shape index (κ3) is 17.0. The molecule has 4 heterocycles. The number of rotatable bonds is 33. The molecule has 1 fully saturated rings. The van der Waals surface area contributed by atoms with E-state index >= 15 is 0 Å². The molecule has 0 aliphatic carbocycles. The zero-order valence-corrected chi connectivity index (χ0v) is 61.4. The van der Waals surface area contributed by atoms with Crippen LogP contribution < -0.4 is 4.90 Å². The molecule has 0 amide bonds. The van der Waals surface area contributed by atoms with Crippen molar-refractivity contribution in [1.29, 1.82) is 0 Å². The Labute approximate surface area is 627 Å². The van der Waals surface area contributed by atoms with Crippen molar-refractivity contribution in [2.24, 2.45) is 0 Å². The second-order valence-electron chi connectivity index (χ2n) is 27.9. The number of carbonyl (C=O) groups is 5. The van der Waals surface area contributed by atoms with E-state index in [1.807, 2.05) is 18.2 Å². The summed E-state index contributed by atoms with van der Waals surface area (Å²) in [7, 11) is 0. The molecular weight excluding hydrogens is 1340 g/mol. The number of fused-ring (bicyclic) bond motifs is 12. The summed E-state index contributed by atoms with van der Waals surface area (Å²) in [6.07, 6.45) is 31.4. The van der Waals surface area contributed by atoms with Crippen molar-refractivity contribution in [3.05, 3.63) is 299 Å². The third-order valence-electron chi connectivity index (χ3n) is 21.0. The molecule has 0 bridgehead atoms. The first kappa shape index (κ1) is 75.0. The van der Waals surface area contributed by atoms with Gasteiger partial charge in [0.2, 0.25) is 5.69 Å². The molecular formula is C92H95N5O10+2. The number of hydrogen-bond acceptors (Lipinski definition) is 11. The fourth-order valence-electron chi connectivity index (χ4n) is 16.8. The van der Waals surface area contributed by atoms with Crippen molar-refractivity contribution in [2.75, 3.05) is 77.1 Å². The van der Waals surface area contributed by atoms with Crippen LogP contribution in [0.2, 0.25) is 0 Å². The van der Waals surface area contributed by atoms with Crippen molar-refractivity contribution in [3.63, 3.8) is 0 Å². The highest BCUT2D eigenvalue weighted by atomic mass is 16.5. The van der Waals surface area contributed by atoms with Crippen LogP contribution in [0.1, 0.15) is 84.4 Å². The summed E-state index contributed by atoms with van der Waals surface area (Å²) in [5.74, 6) is -0.707. The van der Waals surface area contributed by atoms with E-state index in [1.165, 1.54) is 66.2 Å². The standard InChI is InChI=1S/C47H51N3O6.C45H42N2O4/c1-4-5-13-21-47(32-37-30-35(2)29-36(3)31-37)42(18-7-6-8-19-43-48(25-27-55-33-51)23-24-49(43)26-28-56-34-52)50(22-20-44(53)54)46-41-17-12-10-15-39(41)38-14-9-11-16-40(38)45(46)47;48-33-51-30-29-46-27-14-20-36(46)19-8-3-9-25-41-45(31-34-15-4-1-5-16-34,32-35-17-6-2-7-18-35)43-39-23-12-10-21-37(39)38-22-11-13-24-40(38)44(43)47(41)28-26-42(49)50/h5-19,29-31,33-34H,4,20-28,32H2,1-3H3;1-13,15-19,21-25,33H,14,20,26-32H2/p+2/b13-5+;. The Morgan fingerprint density at radius 3 is 1.64 bits per heavy atom. The fourth-order valence-corrected chi connectivity index (χ4v) is 16.8. The minimum atomic E-state index is -0.841. The van der Waals surface area contributed by atoms with Gasteiger partial charge in [0.25, 0.3) is 25.3 Å². The number of carboxylic acid groups (broad SMARTS) is 2. The normalized spacial score (nSPS) is 17.0. The van der Waals surface area contributed by atoms with Gasteiger partial charge in [-0.2, -0.15) is 4.58 Å². The SMILES string of the molecule is CC/C=C/CC1(Cc2cc(C)cc(C)c2)C(=CC=CC=CC2=[N+](CCOC=O)CCN2CCOC=O)N(CCC(=O)O)c2c1c1ccccc1c1ccccc21.O=COCCN1CCC/C1=C/C=C/C=C/C1=[N+](CCC(=O)O)c2c(c3ccccc3c3ccccc23)C1(Cc1ccccc1)Cc1ccccc1. The van der Waals surface area contributed by atoms with Gasteiger partial charge in [-0.05, 0) is 132 Å². The Hall–Kier alpha value is -11.7. The van der Waals surface area contributed by atoms with Crippen LogP contribution in [0.4, 0.5) is 11.4 Å². The lowest BCUT2D eigenvalue weighted by Gasteiger charge is -2.34. The first-order valence-electron chi connectivity index (χ1n) is 37.3. The van der Waals surface area contributed by atoms with Gasteiger partial charge < -0.3 is 34.2 Å². The lowest BCUT2D eigenvalue weighted by molar-refractivity contribution is -0.519. The van der Waals surface area contributed by atoms with Crippen LogP contribution in [-0.4, -0.2) is 144 Å². The van der Waals surface area contributed by atoms with E-state index in [2.05, 4.69) is 275 Å².